The molecule has 0 aliphatic rings. The number of carboxylic acids is 1. The number of carboxylic acid groups (broad SMARTS) is 1. The predicted molar refractivity (Wildman–Crippen MR) is 250 cm³/mol. The maximum Gasteiger partial charge on any atom is 0.326 e. The minimum Gasteiger partial charge on any atom is -0.480 e. The number of primary amides is 1. The number of aliphatic imine (C=N–C) groups is 1. The molecule has 16 N–H and O–H groups in total. The molecule has 0 aliphatic carbocycles. The Morgan fingerprint density at radius 2 is 1.16 bits per heavy atom. The quantitative estimate of drug-likeness (QED) is 0.0228. The molecule has 0 saturated carbocycles. The van der Waals surface area contributed by atoms with Crippen LogP contribution < -0.4 is 60.2 Å². The molecular formula is C45H70N12O11. The molecule has 23 heteroatoms. The van der Waals surface area contributed by atoms with Gasteiger partial charge in [0.15, 0.2) is 5.96 Å². The van der Waals surface area contributed by atoms with E-state index >= 15 is 0 Å². The molecule has 0 unspecified atom stereocenters. The zero-order chi connectivity index (χ0) is 50.9. The molecule has 2 aromatic rings. The number of benzene rings is 1. The Morgan fingerprint density at radius 3 is 1.66 bits per heavy atom. The summed E-state index contributed by atoms with van der Waals surface area (Å²) >= 11 is 0. The second kappa shape index (κ2) is 29.6. The van der Waals surface area contributed by atoms with Crippen molar-refractivity contribution in [3.8, 4) is 0 Å². The number of nitrogens with one attached hydrogen (secondary N) is 7. The summed E-state index contributed by atoms with van der Waals surface area (Å²) in [5, 5.41) is 27.9. The van der Waals surface area contributed by atoms with Gasteiger partial charge in [-0.15, -0.1) is 0 Å². The molecule has 1 aromatic carbocycles. The van der Waals surface area contributed by atoms with Gasteiger partial charge in [0.2, 0.25) is 47.3 Å². The number of aliphatic carboxylic acids is 1. The molecule has 0 spiro atoms. The highest BCUT2D eigenvalue weighted by Gasteiger charge is 2.36. The molecule has 8 amide bonds. The molecule has 0 aliphatic heterocycles. The minimum atomic E-state index is -1.62. The third-order valence-electron chi connectivity index (χ3n) is 10.8. The number of amides is 8. The Bertz CT molecular complexity index is 2010. The summed E-state index contributed by atoms with van der Waals surface area (Å²) < 4.78 is 5.51. The molecule has 0 saturated heterocycles. The number of guanidine groups is 1. The second-order valence-corrected chi connectivity index (χ2v) is 16.8. The Hall–Kier alpha value is -7.04. The van der Waals surface area contributed by atoms with Gasteiger partial charge in [-0.3, -0.25) is 43.3 Å². The third-order valence-corrected chi connectivity index (χ3v) is 10.8. The summed E-state index contributed by atoms with van der Waals surface area (Å²) in [4.78, 5) is 124. The highest BCUT2D eigenvalue weighted by molar-refractivity contribution is 5.98. The number of nitrogens with two attached hydrogens (primary N) is 4. The standard InChI is InChI=1S/C45H70N12O11/c1-6-26(4)37(44(66)67)57-42(64)34(24-35(47)59)56-38(60)30(17-10-11-19-46)52-40(62)32(22-28-14-8-7-9-15-28)54-41(63)33(23-29-16-13-21-68-29)55-39(61)31(18-12-20-50-45(48)49)53-43(65)36(25(2)3)51-27(5)58/h7-9,13-16,21,25-26,30-34,36-37H,6,10-12,17-20,22-24,46H2,1-5H3,(H2,47,59)(H,51,58)(H,52,62)(H,53,65)(H,54,63)(H,55,61)(H,56,60)(H,57,64)(H,66,67)(H4,48,49,50)/t26-,30-,31-,32-,33-,34-,36-,37-/m0/s1. The van der Waals surface area contributed by atoms with Gasteiger partial charge in [0.1, 0.15) is 48.1 Å². The molecule has 8 atom stereocenters. The maximum atomic E-state index is 14.4. The smallest absolute Gasteiger partial charge is 0.326 e. The molecular weight excluding hydrogens is 885 g/mol. The summed E-state index contributed by atoms with van der Waals surface area (Å²) in [6.07, 6.45) is 1.67. The van der Waals surface area contributed by atoms with Crippen molar-refractivity contribution in [2.24, 2.45) is 39.8 Å². The van der Waals surface area contributed by atoms with Crippen LogP contribution in [0.2, 0.25) is 0 Å². The van der Waals surface area contributed by atoms with E-state index < -0.39 is 108 Å². The Labute approximate surface area is 395 Å². The topological polar surface area (TPSA) is 388 Å². The number of hydrogen-bond donors (Lipinski definition) is 12. The van der Waals surface area contributed by atoms with E-state index in [1.165, 1.54) is 13.2 Å². The molecule has 2 rings (SSSR count). The normalized spacial score (nSPS) is 14.5. The molecule has 0 radical (unpaired) electrons. The molecule has 1 heterocycles. The van der Waals surface area contributed by atoms with E-state index in [0.717, 1.165) is 0 Å². The fraction of sp³-hybridized carbons (Fsp3) is 0.556. The van der Waals surface area contributed by atoms with Crippen LogP contribution in [0, 0.1) is 11.8 Å². The van der Waals surface area contributed by atoms with E-state index in [1.807, 2.05) is 0 Å². The van der Waals surface area contributed by atoms with Crippen molar-refractivity contribution in [1.29, 1.82) is 0 Å². The number of carbonyl (C=O) groups excluding carboxylic acids is 8. The SMILES string of the molecule is CC[C@H](C)[C@H](NC(=O)[C@H](CC(N)=O)NC(=O)[C@H](CCCCN)NC(=O)[C@H](Cc1ccccc1)NC(=O)[C@H](Cc1ccco1)NC(=O)[C@H](CCCN=C(N)N)NC(=O)[C@@H](NC(C)=O)C(C)C)C(=O)O. The Kier molecular flexibility index (Phi) is 24.8. The summed E-state index contributed by atoms with van der Waals surface area (Å²) in [5.41, 5.74) is 22.7. The van der Waals surface area contributed by atoms with Gasteiger partial charge in [-0.25, -0.2) is 4.79 Å². The van der Waals surface area contributed by atoms with Gasteiger partial charge in [0.25, 0.3) is 0 Å². The van der Waals surface area contributed by atoms with Gasteiger partial charge >= 0.3 is 5.97 Å². The van der Waals surface area contributed by atoms with E-state index in [4.69, 9.17) is 27.4 Å². The van der Waals surface area contributed by atoms with Gasteiger partial charge in [-0.1, -0.05) is 64.4 Å². The van der Waals surface area contributed by atoms with Crippen LogP contribution in [-0.4, -0.2) is 120 Å². The number of unbranched alkanes of at least 4 members (excludes halogenated alkanes) is 1. The predicted octanol–water partition coefficient (Wildman–Crippen LogP) is -1.68. The van der Waals surface area contributed by atoms with Crippen molar-refractivity contribution in [3.63, 3.8) is 0 Å². The fourth-order valence-electron chi connectivity index (χ4n) is 6.88. The van der Waals surface area contributed by atoms with Crippen LogP contribution in [0.3, 0.4) is 0 Å². The summed E-state index contributed by atoms with van der Waals surface area (Å²) in [6, 6.07) is 2.30. The van der Waals surface area contributed by atoms with Crippen molar-refractivity contribution in [2.45, 2.75) is 135 Å². The highest BCUT2D eigenvalue weighted by atomic mass is 16.4. The van der Waals surface area contributed by atoms with Crippen LogP contribution in [0.15, 0.2) is 58.1 Å². The maximum absolute atomic E-state index is 14.4. The van der Waals surface area contributed by atoms with Crippen molar-refractivity contribution in [2.75, 3.05) is 13.1 Å². The number of hydrogen-bond acceptors (Lipinski definition) is 12. The van der Waals surface area contributed by atoms with Crippen LogP contribution in [0.4, 0.5) is 0 Å². The van der Waals surface area contributed by atoms with Gasteiger partial charge in [-0.05, 0) is 68.2 Å². The molecule has 376 valence electrons. The van der Waals surface area contributed by atoms with E-state index in [0.29, 0.717) is 24.8 Å². The van der Waals surface area contributed by atoms with Crippen LogP contribution in [0.25, 0.3) is 0 Å². The third kappa shape index (κ3) is 20.6. The lowest BCUT2D eigenvalue weighted by Crippen LogP contribution is -2.61. The zero-order valence-electron chi connectivity index (χ0n) is 39.4. The lowest BCUT2D eigenvalue weighted by Gasteiger charge is -2.28. The van der Waals surface area contributed by atoms with Crippen molar-refractivity contribution in [1.82, 2.24) is 37.2 Å². The Morgan fingerprint density at radius 1 is 0.632 bits per heavy atom. The van der Waals surface area contributed by atoms with E-state index in [1.54, 1.807) is 70.2 Å². The van der Waals surface area contributed by atoms with Crippen LogP contribution >= 0.6 is 0 Å². The van der Waals surface area contributed by atoms with Crippen molar-refractivity contribution < 1.29 is 52.7 Å². The van der Waals surface area contributed by atoms with Crippen molar-refractivity contribution >= 4 is 59.2 Å². The van der Waals surface area contributed by atoms with Crippen molar-refractivity contribution in [3.05, 3.63) is 60.1 Å². The molecule has 23 nitrogen and oxygen atoms in total. The summed E-state index contributed by atoms with van der Waals surface area (Å²) in [6.45, 7) is 8.35. The van der Waals surface area contributed by atoms with Gasteiger partial charge in [0, 0.05) is 26.3 Å². The van der Waals surface area contributed by atoms with Gasteiger partial charge in [-0.2, -0.15) is 0 Å². The van der Waals surface area contributed by atoms with Crippen LogP contribution in [0.1, 0.15) is 90.9 Å². The minimum absolute atomic E-state index is 0.000931. The largest absolute Gasteiger partial charge is 0.480 e. The zero-order valence-corrected chi connectivity index (χ0v) is 39.4. The number of furan rings is 1. The summed E-state index contributed by atoms with van der Waals surface area (Å²) in [5.74, 6) is -8.63. The average molecular weight is 955 g/mol. The first-order valence-electron chi connectivity index (χ1n) is 22.6. The van der Waals surface area contributed by atoms with E-state index in [2.05, 4.69) is 42.2 Å². The molecule has 1 aromatic heterocycles. The molecule has 0 bridgehead atoms. The lowest BCUT2D eigenvalue weighted by atomic mass is 9.98. The monoisotopic (exact) mass is 955 g/mol. The van der Waals surface area contributed by atoms with Gasteiger partial charge in [0.05, 0.1) is 12.7 Å². The fourth-order valence-corrected chi connectivity index (χ4v) is 6.88. The number of nitrogens with zero attached hydrogens (tertiary/aromatic N) is 1. The lowest BCUT2D eigenvalue weighted by molar-refractivity contribution is -0.144. The number of carbonyl (C=O) groups is 9. The first-order chi connectivity index (χ1) is 32.2. The first-order valence-corrected chi connectivity index (χ1v) is 22.6. The highest BCUT2D eigenvalue weighted by Crippen LogP contribution is 2.13. The number of rotatable bonds is 31. The molecule has 0 fully saturated rings. The molecule has 68 heavy (non-hydrogen) atoms. The van der Waals surface area contributed by atoms with Gasteiger partial charge < -0.3 is 69.7 Å². The van der Waals surface area contributed by atoms with Crippen LogP contribution in [0.5, 0.6) is 0 Å². The van der Waals surface area contributed by atoms with E-state index in [-0.39, 0.29) is 62.8 Å². The average Bonchev–Trinajstić information content (AvgIpc) is 3.80. The second-order valence-electron chi connectivity index (χ2n) is 16.8. The summed E-state index contributed by atoms with van der Waals surface area (Å²) in [7, 11) is 0. The first kappa shape index (κ1) is 57.1. The van der Waals surface area contributed by atoms with E-state index in [9.17, 15) is 48.3 Å². The Balaban J connectivity index is 2.53. The van der Waals surface area contributed by atoms with Crippen LogP contribution in [-0.2, 0) is 56.0 Å².